The van der Waals surface area contributed by atoms with E-state index in [0.29, 0.717) is 51.3 Å². The number of hydrogen-bond acceptors (Lipinski definition) is 6. The first-order valence-electron chi connectivity index (χ1n) is 10.9. The van der Waals surface area contributed by atoms with Gasteiger partial charge in [0.1, 0.15) is 5.84 Å². The van der Waals surface area contributed by atoms with Crippen LogP contribution in [0.1, 0.15) is 18.1 Å². The van der Waals surface area contributed by atoms with Gasteiger partial charge in [-0.2, -0.15) is 0 Å². The Morgan fingerprint density at radius 1 is 1.03 bits per heavy atom. The van der Waals surface area contributed by atoms with Crippen LogP contribution >= 0.6 is 11.6 Å². The minimum absolute atomic E-state index is 0.0658. The number of amides is 2. The molecule has 0 spiro atoms. The number of nitrogen functional groups attached to an aromatic ring is 1. The molecule has 0 aliphatic rings. The summed E-state index contributed by atoms with van der Waals surface area (Å²) in [4.78, 5) is 23.6. The SMILES string of the molecule is CCOc1cccc(CNc2ccc(Cl)cc2NC(=O)Nc2ccc(C(=N)N)cc2)c1OCC(=O)O. The lowest BCUT2D eigenvalue weighted by atomic mass is 10.1. The molecule has 10 nitrogen and oxygen atoms in total. The maximum absolute atomic E-state index is 12.6. The summed E-state index contributed by atoms with van der Waals surface area (Å²) in [6.45, 7) is 1.94. The Morgan fingerprint density at radius 3 is 2.44 bits per heavy atom. The highest BCUT2D eigenvalue weighted by molar-refractivity contribution is 6.31. The molecule has 0 unspecified atom stereocenters. The molecule has 11 heteroatoms. The van der Waals surface area contributed by atoms with Gasteiger partial charge in [0.15, 0.2) is 18.1 Å². The normalized spacial score (nSPS) is 10.3. The van der Waals surface area contributed by atoms with Crippen LogP contribution in [0.3, 0.4) is 0 Å². The Balaban J connectivity index is 1.75. The first kappa shape index (κ1) is 26.2. The minimum Gasteiger partial charge on any atom is -0.490 e. The fourth-order valence-corrected chi connectivity index (χ4v) is 3.42. The van der Waals surface area contributed by atoms with Crippen molar-refractivity contribution in [1.29, 1.82) is 5.41 Å². The molecule has 0 atom stereocenters. The summed E-state index contributed by atoms with van der Waals surface area (Å²) >= 11 is 6.15. The van der Waals surface area contributed by atoms with Crippen molar-refractivity contribution in [3.63, 3.8) is 0 Å². The topological polar surface area (TPSA) is 159 Å². The smallest absolute Gasteiger partial charge is 0.341 e. The molecule has 188 valence electrons. The molecule has 0 aliphatic heterocycles. The quantitative estimate of drug-likeness (QED) is 0.160. The number of ether oxygens (including phenoxy) is 2. The van der Waals surface area contributed by atoms with Crippen molar-refractivity contribution >= 4 is 46.5 Å². The molecule has 0 saturated heterocycles. The molecule has 36 heavy (non-hydrogen) atoms. The second-order valence-electron chi connectivity index (χ2n) is 7.47. The number of hydrogen-bond donors (Lipinski definition) is 6. The molecule has 3 aromatic rings. The maximum Gasteiger partial charge on any atom is 0.341 e. The number of carboxylic acids is 1. The van der Waals surface area contributed by atoms with Gasteiger partial charge in [-0.05, 0) is 55.5 Å². The third kappa shape index (κ3) is 7.28. The molecule has 0 aromatic heterocycles. The summed E-state index contributed by atoms with van der Waals surface area (Å²) in [7, 11) is 0. The first-order chi connectivity index (χ1) is 17.3. The second-order valence-corrected chi connectivity index (χ2v) is 7.91. The molecule has 3 rings (SSSR count). The lowest BCUT2D eigenvalue weighted by Gasteiger charge is -2.17. The number of nitrogens with one attached hydrogen (secondary N) is 4. The van der Waals surface area contributed by atoms with Gasteiger partial charge < -0.3 is 36.3 Å². The van der Waals surface area contributed by atoms with Gasteiger partial charge in [-0.25, -0.2) is 9.59 Å². The lowest BCUT2D eigenvalue weighted by Crippen LogP contribution is -2.20. The number of benzene rings is 3. The van der Waals surface area contributed by atoms with E-state index in [9.17, 15) is 9.59 Å². The number of anilines is 3. The zero-order valence-corrected chi connectivity index (χ0v) is 20.2. The van der Waals surface area contributed by atoms with Crippen molar-refractivity contribution in [1.82, 2.24) is 0 Å². The molecule has 0 radical (unpaired) electrons. The summed E-state index contributed by atoms with van der Waals surface area (Å²) in [5.41, 5.74) is 8.18. The third-order valence-electron chi connectivity index (χ3n) is 4.85. The number of carboxylic acid groups (broad SMARTS) is 1. The van der Waals surface area contributed by atoms with Crippen LogP contribution in [0.4, 0.5) is 21.9 Å². The second kappa shape index (κ2) is 12.3. The monoisotopic (exact) mass is 511 g/mol. The van der Waals surface area contributed by atoms with E-state index in [1.807, 2.05) is 6.92 Å². The van der Waals surface area contributed by atoms with Crippen molar-refractivity contribution in [3.05, 3.63) is 76.8 Å². The average Bonchev–Trinajstić information content (AvgIpc) is 2.83. The third-order valence-corrected chi connectivity index (χ3v) is 5.09. The van der Waals surface area contributed by atoms with Gasteiger partial charge >= 0.3 is 12.0 Å². The Morgan fingerprint density at radius 2 is 1.78 bits per heavy atom. The van der Waals surface area contributed by atoms with Gasteiger partial charge in [-0.1, -0.05) is 23.7 Å². The van der Waals surface area contributed by atoms with Crippen LogP contribution in [0.15, 0.2) is 60.7 Å². The van der Waals surface area contributed by atoms with Crippen molar-refractivity contribution in [3.8, 4) is 11.5 Å². The highest BCUT2D eigenvalue weighted by atomic mass is 35.5. The number of carbonyl (C=O) groups excluding carboxylic acids is 1. The van der Waals surface area contributed by atoms with Gasteiger partial charge in [-0.15, -0.1) is 0 Å². The number of nitrogens with two attached hydrogens (primary N) is 1. The van der Waals surface area contributed by atoms with Gasteiger partial charge in [0.2, 0.25) is 0 Å². The summed E-state index contributed by atoms with van der Waals surface area (Å²) < 4.78 is 11.1. The molecule has 0 bridgehead atoms. The Bertz CT molecular complexity index is 1250. The fourth-order valence-electron chi connectivity index (χ4n) is 3.25. The van der Waals surface area contributed by atoms with Crippen molar-refractivity contribution < 1.29 is 24.2 Å². The van der Waals surface area contributed by atoms with Gasteiger partial charge in [0.25, 0.3) is 0 Å². The largest absolute Gasteiger partial charge is 0.490 e. The highest BCUT2D eigenvalue weighted by Gasteiger charge is 2.14. The number of para-hydroxylation sites is 1. The fraction of sp³-hybridized carbons (Fsp3) is 0.160. The van der Waals surface area contributed by atoms with E-state index in [1.54, 1.807) is 60.7 Å². The van der Waals surface area contributed by atoms with Crippen molar-refractivity contribution in [2.24, 2.45) is 5.73 Å². The summed E-state index contributed by atoms with van der Waals surface area (Å²) in [6, 6.07) is 16.3. The molecular formula is C25H26ClN5O5. The van der Waals surface area contributed by atoms with Gasteiger partial charge in [-0.3, -0.25) is 5.41 Å². The van der Waals surface area contributed by atoms with Gasteiger partial charge in [0, 0.05) is 28.4 Å². The first-order valence-corrected chi connectivity index (χ1v) is 11.3. The number of amidine groups is 1. The predicted octanol–water partition coefficient (Wildman–Crippen LogP) is 4.74. The number of halogens is 1. The van der Waals surface area contributed by atoms with E-state index < -0.39 is 18.6 Å². The van der Waals surface area contributed by atoms with Crippen LogP contribution < -0.4 is 31.2 Å². The molecular weight excluding hydrogens is 486 g/mol. The molecule has 2 amide bonds. The predicted molar refractivity (Wildman–Crippen MR) is 140 cm³/mol. The average molecular weight is 512 g/mol. The van der Waals surface area contributed by atoms with Gasteiger partial charge in [0.05, 0.1) is 18.0 Å². The molecule has 0 fully saturated rings. The number of carbonyl (C=O) groups is 2. The standard InChI is InChI=1S/C25H26ClN5O5/c1-2-35-21-5-3-4-16(23(21)36-14-22(32)33)13-29-19-11-8-17(26)12-20(19)31-25(34)30-18-9-6-15(7-10-18)24(27)28/h3-12,29H,2,13-14H2,1H3,(H3,27,28)(H,32,33)(H2,30,31,34). The van der Waals surface area contributed by atoms with Crippen LogP contribution in [0.25, 0.3) is 0 Å². The molecule has 0 aliphatic carbocycles. The maximum atomic E-state index is 12.6. The summed E-state index contributed by atoms with van der Waals surface area (Å²) in [6.07, 6.45) is 0. The lowest BCUT2D eigenvalue weighted by molar-refractivity contribution is -0.139. The molecule has 7 N–H and O–H groups in total. The van der Waals surface area contributed by atoms with Crippen LogP contribution in [-0.4, -0.2) is 36.2 Å². The van der Waals surface area contributed by atoms with E-state index in [2.05, 4.69) is 16.0 Å². The van der Waals surface area contributed by atoms with Crippen LogP contribution in [-0.2, 0) is 11.3 Å². The van der Waals surface area contributed by atoms with E-state index >= 15 is 0 Å². The molecule has 0 saturated carbocycles. The van der Waals surface area contributed by atoms with Crippen LogP contribution in [0.5, 0.6) is 11.5 Å². The molecule has 0 heterocycles. The van der Waals surface area contributed by atoms with Crippen LogP contribution in [0, 0.1) is 5.41 Å². The molecule has 3 aromatic carbocycles. The van der Waals surface area contributed by atoms with Crippen LogP contribution in [0.2, 0.25) is 5.02 Å². The zero-order chi connectivity index (χ0) is 26.1. The van der Waals surface area contributed by atoms with Crippen molar-refractivity contribution in [2.45, 2.75) is 13.5 Å². The Hall–Kier alpha value is -4.44. The van der Waals surface area contributed by atoms with E-state index in [0.717, 1.165) is 0 Å². The Labute approximate surface area is 212 Å². The Kier molecular flexibility index (Phi) is 8.95. The zero-order valence-electron chi connectivity index (χ0n) is 19.4. The van der Waals surface area contributed by atoms with E-state index in [-0.39, 0.29) is 12.4 Å². The highest BCUT2D eigenvalue weighted by Crippen LogP contribution is 2.33. The van der Waals surface area contributed by atoms with E-state index in [1.165, 1.54) is 0 Å². The summed E-state index contributed by atoms with van der Waals surface area (Å²) in [5.74, 6) is -0.414. The van der Waals surface area contributed by atoms with Crippen molar-refractivity contribution in [2.75, 3.05) is 29.2 Å². The number of rotatable bonds is 11. The minimum atomic E-state index is -1.11. The number of aliphatic carboxylic acids is 1. The van der Waals surface area contributed by atoms with E-state index in [4.69, 9.17) is 37.3 Å². The summed E-state index contributed by atoms with van der Waals surface area (Å²) in [5, 5.41) is 25.6. The number of urea groups is 1.